The van der Waals surface area contributed by atoms with Crippen LogP contribution in [-0.4, -0.2) is 10.4 Å². The second kappa shape index (κ2) is 4.73. The third-order valence-electron chi connectivity index (χ3n) is 3.69. The van der Waals surface area contributed by atoms with Gasteiger partial charge in [0, 0.05) is 41.2 Å². The maximum atomic E-state index is 11.8. The van der Waals surface area contributed by atoms with E-state index < -0.39 is 0 Å². The summed E-state index contributed by atoms with van der Waals surface area (Å²) < 4.78 is 2.30. The number of rotatable bonds is 3. The summed E-state index contributed by atoms with van der Waals surface area (Å²) in [5.74, 6) is 0.318. The van der Waals surface area contributed by atoms with Crippen LogP contribution in [0.5, 0.6) is 0 Å². The van der Waals surface area contributed by atoms with E-state index in [2.05, 4.69) is 35.2 Å². The number of carbonyl (C=O) groups excluding carboxylic acids is 1. The molecule has 0 bridgehead atoms. The van der Waals surface area contributed by atoms with E-state index in [1.165, 1.54) is 10.6 Å². The van der Waals surface area contributed by atoms with Crippen molar-refractivity contribution in [1.82, 2.24) is 4.57 Å². The van der Waals surface area contributed by atoms with Crippen molar-refractivity contribution in [3.63, 3.8) is 0 Å². The molecule has 0 saturated heterocycles. The Labute approximate surface area is 111 Å². The predicted molar refractivity (Wildman–Crippen MR) is 74.4 cm³/mol. The third kappa shape index (κ3) is 2.03. The molecular formula is C15H17NOS. The van der Waals surface area contributed by atoms with Gasteiger partial charge in [0.1, 0.15) is 0 Å². The van der Waals surface area contributed by atoms with Gasteiger partial charge in [-0.25, -0.2) is 0 Å². The lowest BCUT2D eigenvalue weighted by molar-refractivity contribution is 0.0971. The first kappa shape index (κ1) is 11.7. The molecule has 0 N–H and O–H groups in total. The fourth-order valence-electron chi connectivity index (χ4n) is 2.78. The molecule has 1 unspecified atom stereocenters. The monoisotopic (exact) mass is 259 g/mol. The molecule has 0 aliphatic heterocycles. The van der Waals surface area contributed by atoms with Crippen LogP contribution in [0.1, 0.15) is 46.7 Å². The average molecular weight is 259 g/mol. The standard InChI is InChI=1S/C15H17NOS/c1-11(10-12-4-3-9-18-12)16-8-7-13-14(16)5-2-6-15(13)17/h3-4,7-9,11H,2,5-6,10H2,1H3. The maximum Gasteiger partial charge on any atom is 0.164 e. The highest BCUT2D eigenvalue weighted by Gasteiger charge is 2.22. The fraction of sp³-hybridized carbons (Fsp3) is 0.400. The van der Waals surface area contributed by atoms with Gasteiger partial charge in [0.05, 0.1) is 0 Å². The molecule has 0 saturated carbocycles. The summed E-state index contributed by atoms with van der Waals surface area (Å²) >= 11 is 1.81. The number of hydrogen-bond acceptors (Lipinski definition) is 2. The molecule has 0 spiro atoms. The van der Waals surface area contributed by atoms with E-state index in [9.17, 15) is 4.79 Å². The Hall–Kier alpha value is -1.35. The Bertz CT molecular complexity index is 553. The molecular weight excluding hydrogens is 242 g/mol. The van der Waals surface area contributed by atoms with Crippen LogP contribution >= 0.6 is 11.3 Å². The molecule has 0 amide bonds. The van der Waals surface area contributed by atoms with Crippen LogP contribution in [0, 0.1) is 0 Å². The maximum absolute atomic E-state index is 11.8. The Morgan fingerprint density at radius 2 is 2.28 bits per heavy atom. The molecule has 2 aromatic rings. The van der Waals surface area contributed by atoms with Crippen LogP contribution in [0.2, 0.25) is 0 Å². The summed E-state index contributed by atoms with van der Waals surface area (Å²) in [7, 11) is 0. The molecule has 18 heavy (non-hydrogen) atoms. The van der Waals surface area contributed by atoms with Crippen molar-refractivity contribution in [3.05, 3.63) is 45.9 Å². The number of carbonyl (C=O) groups is 1. The minimum Gasteiger partial charge on any atom is -0.348 e. The zero-order valence-corrected chi connectivity index (χ0v) is 11.4. The normalized spacial score (nSPS) is 16.6. The molecule has 1 aliphatic carbocycles. The van der Waals surface area contributed by atoms with Gasteiger partial charge in [-0.1, -0.05) is 6.07 Å². The van der Waals surface area contributed by atoms with E-state index >= 15 is 0 Å². The molecule has 94 valence electrons. The average Bonchev–Trinajstić information content (AvgIpc) is 2.98. The zero-order valence-electron chi connectivity index (χ0n) is 10.6. The van der Waals surface area contributed by atoms with E-state index in [-0.39, 0.29) is 0 Å². The summed E-state index contributed by atoms with van der Waals surface area (Å²) in [5, 5.41) is 2.12. The van der Waals surface area contributed by atoms with E-state index in [1.807, 2.05) is 6.07 Å². The van der Waals surface area contributed by atoms with Crippen LogP contribution in [0.3, 0.4) is 0 Å². The summed E-state index contributed by atoms with van der Waals surface area (Å²) in [5.41, 5.74) is 2.20. The summed E-state index contributed by atoms with van der Waals surface area (Å²) in [6.07, 6.45) is 5.90. The number of aromatic nitrogens is 1. The Morgan fingerprint density at radius 1 is 1.39 bits per heavy atom. The smallest absolute Gasteiger partial charge is 0.164 e. The first-order chi connectivity index (χ1) is 8.75. The SMILES string of the molecule is CC(Cc1cccs1)n1ccc2c1CCCC2=O. The van der Waals surface area contributed by atoms with Gasteiger partial charge in [0.2, 0.25) is 0 Å². The van der Waals surface area contributed by atoms with E-state index in [4.69, 9.17) is 0 Å². The van der Waals surface area contributed by atoms with Gasteiger partial charge in [-0.05, 0) is 37.3 Å². The number of hydrogen-bond donors (Lipinski definition) is 0. The van der Waals surface area contributed by atoms with E-state index in [0.29, 0.717) is 11.8 Å². The molecule has 3 rings (SSSR count). The van der Waals surface area contributed by atoms with Gasteiger partial charge >= 0.3 is 0 Å². The minimum atomic E-state index is 0.318. The minimum absolute atomic E-state index is 0.318. The third-order valence-corrected chi connectivity index (χ3v) is 4.59. The van der Waals surface area contributed by atoms with Gasteiger partial charge in [0.15, 0.2) is 5.78 Å². The topological polar surface area (TPSA) is 22.0 Å². The van der Waals surface area contributed by atoms with Crippen LogP contribution in [0.4, 0.5) is 0 Å². The number of fused-ring (bicyclic) bond motifs is 1. The molecule has 1 aliphatic rings. The van der Waals surface area contributed by atoms with Crippen molar-refractivity contribution in [3.8, 4) is 0 Å². The number of nitrogens with zero attached hydrogens (tertiary/aromatic N) is 1. The van der Waals surface area contributed by atoms with Crippen LogP contribution < -0.4 is 0 Å². The number of thiophene rings is 1. The van der Waals surface area contributed by atoms with Gasteiger partial charge in [-0.15, -0.1) is 11.3 Å². The largest absolute Gasteiger partial charge is 0.348 e. The fourth-order valence-corrected chi connectivity index (χ4v) is 3.61. The van der Waals surface area contributed by atoms with Gasteiger partial charge in [-0.3, -0.25) is 4.79 Å². The second-order valence-electron chi connectivity index (χ2n) is 4.99. The summed E-state index contributed by atoms with van der Waals surface area (Å²) in [6.45, 7) is 2.24. The van der Waals surface area contributed by atoms with Crippen LogP contribution in [-0.2, 0) is 12.8 Å². The lowest BCUT2D eigenvalue weighted by atomic mass is 9.96. The highest BCUT2D eigenvalue weighted by Crippen LogP contribution is 2.27. The molecule has 1 atom stereocenters. The molecule has 2 nitrogen and oxygen atoms in total. The first-order valence-electron chi connectivity index (χ1n) is 6.51. The van der Waals surface area contributed by atoms with Crippen molar-refractivity contribution in [2.45, 2.75) is 38.6 Å². The van der Waals surface area contributed by atoms with Crippen molar-refractivity contribution >= 4 is 17.1 Å². The number of Topliss-reactive ketones (excluding diaryl/α,β-unsaturated/α-hetero) is 1. The highest BCUT2D eigenvalue weighted by atomic mass is 32.1. The Kier molecular flexibility index (Phi) is 3.08. The van der Waals surface area contributed by atoms with Crippen molar-refractivity contribution in [1.29, 1.82) is 0 Å². The van der Waals surface area contributed by atoms with Crippen molar-refractivity contribution < 1.29 is 4.79 Å². The van der Waals surface area contributed by atoms with Crippen LogP contribution in [0.15, 0.2) is 29.8 Å². The molecule has 0 aromatic carbocycles. The van der Waals surface area contributed by atoms with Crippen molar-refractivity contribution in [2.75, 3.05) is 0 Å². The lowest BCUT2D eigenvalue weighted by Gasteiger charge is -2.20. The quantitative estimate of drug-likeness (QED) is 0.820. The molecule has 2 heterocycles. The van der Waals surface area contributed by atoms with Crippen molar-refractivity contribution in [2.24, 2.45) is 0 Å². The van der Waals surface area contributed by atoms with Gasteiger partial charge in [-0.2, -0.15) is 0 Å². The second-order valence-corrected chi connectivity index (χ2v) is 6.02. The lowest BCUT2D eigenvalue weighted by Crippen LogP contribution is -2.16. The molecule has 3 heteroatoms. The first-order valence-corrected chi connectivity index (χ1v) is 7.39. The van der Waals surface area contributed by atoms with E-state index in [1.54, 1.807) is 11.3 Å². The number of ketones is 1. The van der Waals surface area contributed by atoms with Gasteiger partial charge < -0.3 is 4.57 Å². The predicted octanol–water partition coefficient (Wildman–Crippen LogP) is 3.87. The highest BCUT2D eigenvalue weighted by molar-refractivity contribution is 7.09. The van der Waals surface area contributed by atoms with E-state index in [0.717, 1.165) is 31.2 Å². The molecule has 2 aromatic heterocycles. The summed E-state index contributed by atoms with van der Waals surface area (Å²) in [6, 6.07) is 6.71. The zero-order chi connectivity index (χ0) is 12.5. The summed E-state index contributed by atoms with van der Waals surface area (Å²) in [4.78, 5) is 13.2. The Balaban J connectivity index is 1.86. The van der Waals surface area contributed by atoms with Gasteiger partial charge in [0.25, 0.3) is 0 Å². The molecule has 0 fully saturated rings. The molecule has 0 radical (unpaired) electrons. The van der Waals surface area contributed by atoms with Crippen LogP contribution in [0.25, 0.3) is 0 Å². The Morgan fingerprint density at radius 3 is 3.06 bits per heavy atom.